The topological polar surface area (TPSA) is 46.8 Å². The van der Waals surface area contributed by atoms with Gasteiger partial charge in [-0.3, -0.25) is 4.90 Å². The van der Waals surface area contributed by atoms with E-state index in [4.69, 9.17) is 15.0 Å². The van der Waals surface area contributed by atoms with Crippen molar-refractivity contribution < 1.29 is 0 Å². The molecular formula is C60H39N5S. The van der Waals surface area contributed by atoms with Gasteiger partial charge in [-0.2, -0.15) is 9.97 Å². The van der Waals surface area contributed by atoms with Gasteiger partial charge < -0.3 is 4.57 Å². The van der Waals surface area contributed by atoms with Crippen molar-refractivity contribution >= 4 is 92.1 Å². The summed E-state index contributed by atoms with van der Waals surface area (Å²) in [6.07, 6.45) is 4.65. The number of anilines is 2. The molecular weight excluding hydrogens is 823 g/mol. The second-order valence-corrected chi connectivity index (χ2v) is 18.6. The lowest BCUT2D eigenvalue weighted by molar-refractivity contribution is 0.634. The predicted molar refractivity (Wildman–Crippen MR) is 276 cm³/mol. The first-order chi connectivity index (χ1) is 32.7. The average molecular weight is 862 g/mol. The van der Waals surface area contributed by atoms with Gasteiger partial charge in [0.1, 0.15) is 0 Å². The molecule has 0 saturated heterocycles. The van der Waals surface area contributed by atoms with Gasteiger partial charge in [-0.25, -0.2) is 4.98 Å². The molecule has 310 valence electrons. The van der Waals surface area contributed by atoms with E-state index in [-0.39, 0.29) is 11.8 Å². The Hall–Kier alpha value is -8.19. The number of nitrogens with zero attached hydrogens (tertiary/aromatic N) is 5. The summed E-state index contributed by atoms with van der Waals surface area (Å²) >= 11 is 1.88. The Balaban J connectivity index is 0.935. The van der Waals surface area contributed by atoms with E-state index in [9.17, 15) is 0 Å². The summed E-state index contributed by atoms with van der Waals surface area (Å²) in [6.45, 7) is 2.38. The van der Waals surface area contributed by atoms with Gasteiger partial charge in [0.25, 0.3) is 0 Å². The van der Waals surface area contributed by atoms with Crippen LogP contribution < -0.4 is 4.90 Å². The molecule has 2 unspecified atom stereocenters. The molecule has 0 radical (unpaired) electrons. The van der Waals surface area contributed by atoms with Gasteiger partial charge in [0.05, 0.1) is 27.1 Å². The third-order valence-electron chi connectivity index (χ3n) is 14.0. The number of hydrogen-bond acceptors (Lipinski definition) is 5. The molecule has 0 spiro atoms. The summed E-state index contributed by atoms with van der Waals surface area (Å²) in [5.41, 5.74) is 11.7. The molecule has 9 aromatic carbocycles. The molecule has 0 N–H and O–H groups in total. The van der Waals surface area contributed by atoms with Crippen LogP contribution in [0, 0.1) is 5.92 Å². The molecule has 3 aromatic heterocycles. The molecule has 1 aliphatic heterocycles. The fourth-order valence-electron chi connectivity index (χ4n) is 11.1. The zero-order valence-corrected chi connectivity index (χ0v) is 36.7. The van der Waals surface area contributed by atoms with Crippen molar-refractivity contribution in [1.29, 1.82) is 0 Å². The molecule has 0 amide bonds. The van der Waals surface area contributed by atoms with Gasteiger partial charge >= 0.3 is 0 Å². The zero-order chi connectivity index (χ0) is 43.5. The SMILES string of the molecule is CC1C(c2ccc3c(c2)c2ccccc2n3-c2cccc3c2sc2ccccc23)=CC=C2C1c1ccccc1N2c1nc(-c2cccc3ccccc23)nc(-c2cccc3ccccc23)n1. The molecule has 0 fully saturated rings. The fraction of sp³-hybridized carbons (Fsp3) is 0.0500. The van der Waals surface area contributed by atoms with Gasteiger partial charge in [0.2, 0.25) is 5.95 Å². The third-order valence-corrected chi connectivity index (χ3v) is 15.2. The van der Waals surface area contributed by atoms with E-state index in [1.54, 1.807) is 0 Å². The number of aromatic nitrogens is 4. The van der Waals surface area contributed by atoms with Crippen LogP contribution in [0.3, 0.4) is 0 Å². The molecule has 4 heterocycles. The van der Waals surface area contributed by atoms with Crippen LogP contribution in [0.1, 0.15) is 24.0 Å². The maximum absolute atomic E-state index is 5.40. The second-order valence-electron chi connectivity index (χ2n) is 17.5. The minimum absolute atomic E-state index is 0.0857. The summed E-state index contributed by atoms with van der Waals surface area (Å²) < 4.78 is 5.09. The largest absolute Gasteiger partial charge is 0.308 e. The first-order valence-corrected chi connectivity index (χ1v) is 23.5. The van der Waals surface area contributed by atoms with Gasteiger partial charge in [-0.1, -0.05) is 171 Å². The first kappa shape index (κ1) is 37.2. The smallest absolute Gasteiger partial charge is 0.238 e. The number of rotatable bonds is 5. The molecule has 12 aromatic rings. The maximum Gasteiger partial charge on any atom is 0.238 e. The zero-order valence-electron chi connectivity index (χ0n) is 35.9. The van der Waals surface area contributed by atoms with Gasteiger partial charge in [-0.05, 0) is 86.6 Å². The summed E-state index contributed by atoms with van der Waals surface area (Å²) in [5.74, 6) is 2.16. The molecule has 0 saturated carbocycles. The lowest BCUT2D eigenvalue weighted by Gasteiger charge is -2.30. The van der Waals surface area contributed by atoms with E-state index < -0.39 is 0 Å². The van der Waals surface area contributed by atoms with Crippen LogP contribution in [0.15, 0.2) is 212 Å². The Morgan fingerprint density at radius 2 is 1.06 bits per heavy atom. The van der Waals surface area contributed by atoms with Crippen molar-refractivity contribution in [2.75, 3.05) is 4.90 Å². The highest BCUT2D eigenvalue weighted by atomic mass is 32.1. The van der Waals surface area contributed by atoms with Crippen LogP contribution in [0.4, 0.5) is 11.6 Å². The highest BCUT2D eigenvalue weighted by Gasteiger charge is 2.42. The van der Waals surface area contributed by atoms with Crippen molar-refractivity contribution in [3.05, 3.63) is 223 Å². The minimum Gasteiger partial charge on any atom is -0.308 e. The fourth-order valence-corrected chi connectivity index (χ4v) is 12.3. The molecule has 14 rings (SSSR count). The second kappa shape index (κ2) is 14.4. The normalized spacial score (nSPS) is 15.8. The Labute approximate surface area is 384 Å². The highest BCUT2D eigenvalue weighted by molar-refractivity contribution is 7.26. The number of fused-ring (bicyclic) bond motifs is 11. The molecule has 5 nitrogen and oxygen atoms in total. The standard InChI is InChI=1S/C60H39N5S/c1-36-40(39-31-33-52-49(35-39)43-21-6-9-27-50(43)64(52)54-29-14-24-45-44-22-8-11-30-55(44)66-57(45)54)32-34-53-56(36)48-23-7-10-28-51(48)65(53)60-62-58(46-25-12-17-37-15-2-4-19-41(37)46)61-59(63-60)47-26-13-18-38-16-3-5-20-42(38)47/h2-36,56H,1H3. The summed E-state index contributed by atoms with van der Waals surface area (Å²) in [5, 5.41) is 9.63. The van der Waals surface area contributed by atoms with Crippen LogP contribution in [-0.4, -0.2) is 19.5 Å². The van der Waals surface area contributed by atoms with E-state index >= 15 is 0 Å². The summed E-state index contributed by atoms with van der Waals surface area (Å²) in [4.78, 5) is 18.4. The predicted octanol–water partition coefficient (Wildman–Crippen LogP) is 15.8. The third kappa shape index (κ3) is 5.49. The molecule has 0 bridgehead atoms. The van der Waals surface area contributed by atoms with Crippen LogP contribution in [0.5, 0.6) is 0 Å². The van der Waals surface area contributed by atoms with Gasteiger partial charge in [0, 0.05) is 49.0 Å². The number of benzene rings is 9. The summed E-state index contributed by atoms with van der Waals surface area (Å²) in [6, 6.07) is 70.0. The number of allylic oxidation sites excluding steroid dienone is 4. The molecule has 6 heteroatoms. The first-order valence-electron chi connectivity index (χ1n) is 22.6. The Morgan fingerprint density at radius 3 is 1.83 bits per heavy atom. The number of thiophene rings is 1. The van der Waals surface area contributed by atoms with Crippen molar-refractivity contribution in [3.63, 3.8) is 0 Å². The monoisotopic (exact) mass is 861 g/mol. The quantitative estimate of drug-likeness (QED) is 0.173. The molecule has 1 aliphatic carbocycles. The van der Waals surface area contributed by atoms with Crippen molar-refractivity contribution in [2.45, 2.75) is 12.8 Å². The molecule has 66 heavy (non-hydrogen) atoms. The van der Waals surface area contributed by atoms with Crippen LogP contribution in [0.2, 0.25) is 0 Å². The van der Waals surface area contributed by atoms with E-state index in [0.29, 0.717) is 17.6 Å². The van der Waals surface area contributed by atoms with Crippen molar-refractivity contribution in [2.24, 2.45) is 5.92 Å². The Bertz CT molecular complexity index is 3950. The Morgan fingerprint density at radius 1 is 0.470 bits per heavy atom. The summed E-state index contributed by atoms with van der Waals surface area (Å²) in [7, 11) is 0. The Kier molecular flexibility index (Phi) is 8.12. The van der Waals surface area contributed by atoms with Crippen LogP contribution in [-0.2, 0) is 0 Å². The maximum atomic E-state index is 5.40. The highest BCUT2D eigenvalue weighted by Crippen LogP contribution is 2.55. The van der Waals surface area contributed by atoms with Gasteiger partial charge in [-0.15, -0.1) is 11.3 Å². The average Bonchev–Trinajstić information content (AvgIpc) is 4.04. The van der Waals surface area contributed by atoms with E-state index in [0.717, 1.165) is 38.4 Å². The lowest BCUT2D eigenvalue weighted by Crippen LogP contribution is -2.22. The van der Waals surface area contributed by atoms with E-state index in [2.05, 4.69) is 223 Å². The lowest BCUT2D eigenvalue weighted by atomic mass is 9.76. The van der Waals surface area contributed by atoms with E-state index in [1.807, 2.05) is 11.3 Å². The molecule has 2 atom stereocenters. The molecule has 2 aliphatic rings. The van der Waals surface area contributed by atoms with Crippen molar-refractivity contribution in [3.8, 4) is 28.5 Å². The number of hydrogen-bond donors (Lipinski definition) is 0. The van der Waals surface area contributed by atoms with E-state index in [1.165, 1.54) is 70.1 Å². The van der Waals surface area contributed by atoms with Crippen LogP contribution >= 0.6 is 11.3 Å². The minimum atomic E-state index is 0.0857. The number of para-hydroxylation sites is 2. The van der Waals surface area contributed by atoms with Gasteiger partial charge in [0.15, 0.2) is 11.6 Å². The van der Waals surface area contributed by atoms with Crippen molar-refractivity contribution in [1.82, 2.24) is 19.5 Å². The van der Waals surface area contributed by atoms with Crippen LogP contribution in [0.25, 0.3) is 97.6 Å².